The van der Waals surface area contributed by atoms with Gasteiger partial charge in [-0.05, 0) is 35.9 Å². The molecule has 1 fully saturated rings. The molecule has 0 spiro atoms. The second-order valence-electron chi connectivity index (χ2n) is 9.70. The number of hydrogen-bond acceptors (Lipinski definition) is 6. The lowest BCUT2D eigenvalue weighted by molar-refractivity contribution is 0.0115. The van der Waals surface area contributed by atoms with Crippen LogP contribution in [0.5, 0.6) is 0 Å². The Morgan fingerprint density at radius 1 is 0.974 bits per heavy atom. The minimum absolute atomic E-state index is 0.157. The van der Waals surface area contributed by atoms with Crippen LogP contribution in [0.3, 0.4) is 0 Å². The van der Waals surface area contributed by atoms with E-state index in [1.807, 2.05) is 24.3 Å². The van der Waals surface area contributed by atoms with E-state index in [-0.39, 0.29) is 13.0 Å². The van der Waals surface area contributed by atoms with Gasteiger partial charge in [0.2, 0.25) is 0 Å². The molecule has 39 heavy (non-hydrogen) atoms. The van der Waals surface area contributed by atoms with Crippen molar-refractivity contribution in [2.75, 3.05) is 13.1 Å². The summed E-state index contributed by atoms with van der Waals surface area (Å²) in [6.45, 7) is 0.346. The Kier molecular flexibility index (Phi) is 5.41. The molecule has 0 atom stereocenters. The largest absolute Gasteiger partial charge is 0.336 e. The Morgan fingerprint density at radius 2 is 1.90 bits per heavy atom. The van der Waals surface area contributed by atoms with Gasteiger partial charge in [0.25, 0.3) is 5.92 Å². The zero-order valence-corrected chi connectivity index (χ0v) is 20.5. The third-order valence-electron chi connectivity index (χ3n) is 6.94. The lowest BCUT2D eigenvalue weighted by atomic mass is 10.0. The average Bonchev–Trinajstić information content (AvgIpc) is 3.64. The van der Waals surface area contributed by atoms with Crippen LogP contribution < -0.4 is 0 Å². The van der Waals surface area contributed by atoms with Gasteiger partial charge in [0, 0.05) is 66.9 Å². The van der Waals surface area contributed by atoms with E-state index in [4.69, 9.17) is 4.98 Å². The monoisotopic (exact) mass is 526 g/mol. The molecule has 6 aromatic rings. The van der Waals surface area contributed by atoms with E-state index in [9.17, 15) is 8.78 Å². The van der Waals surface area contributed by atoms with Crippen molar-refractivity contribution in [2.45, 2.75) is 18.9 Å². The van der Waals surface area contributed by atoms with Crippen molar-refractivity contribution >= 4 is 21.9 Å². The van der Waals surface area contributed by atoms with Gasteiger partial charge in [-0.2, -0.15) is 5.10 Å². The topological polar surface area (TPSA) is 99.3 Å². The van der Waals surface area contributed by atoms with Gasteiger partial charge < -0.3 is 4.98 Å². The van der Waals surface area contributed by atoms with Crippen LogP contribution in [0.2, 0.25) is 0 Å². The second kappa shape index (κ2) is 8.98. The Hall–Kier alpha value is -4.64. The van der Waals surface area contributed by atoms with Gasteiger partial charge in [-0.1, -0.05) is 6.07 Å². The van der Waals surface area contributed by atoms with Crippen molar-refractivity contribution < 1.29 is 13.2 Å². The Balaban J connectivity index is 1.27. The molecule has 0 radical (unpaired) electrons. The first kappa shape index (κ1) is 23.5. The van der Waals surface area contributed by atoms with E-state index in [0.717, 1.165) is 11.1 Å². The summed E-state index contributed by atoms with van der Waals surface area (Å²) in [4.78, 5) is 22.9. The highest BCUT2D eigenvalue weighted by Crippen LogP contribution is 2.34. The summed E-state index contributed by atoms with van der Waals surface area (Å²) in [7, 11) is 0. The summed E-state index contributed by atoms with van der Waals surface area (Å²) >= 11 is 0. The molecule has 2 N–H and O–H groups in total. The smallest absolute Gasteiger partial charge is 0.261 e. The summed E-state index contributed by atoms with van der Waals surface area (Å²) in [5.41, 5.74) is 5.41. The first-order valence-electron chi connectivity index (χ1n) is 12.4. The summed E-state index contributed by atoms with van der Waals surface area (Å²) in [6.07, 6.45) is 6.42. The fourth-order valence-electron chi connectivity index (χ4n) is 5.10. The van der Waals surface area contributed by atoms with Gasteiger partial charge in [-0.3, -0.25) is 25.0 Å². The molecule has 1 aliphatic heterocycles. The van der Waals surface area contributed by atoms with Gasteiger partial charge in [-0.15, -0.1) is 0 Å². The number of rotatable bonds is 5. The molecule has 6 heterocycles. The van der Waals surface area contributed by atoms with E-state index in [2.05, 4.69) is 30.1 Å². The lowest BCUT2D eigenvalue weighted by Crippen LogP contribution is -2.24. The quantitative estimate of drug-likeness (QED) is 0.303. The fourth-order valence-corrected chi connectivity index (χ4v) is 5.10. The molecule has 11 heteroatoms. The minimum Gasteiger partial charge on any atom is -0.336 e. The number of hydrogen-bond donors (Lipinski definition) is 2. The number of H-pyrrole nitrogens is 2. The molecule has 7 rings (SSSR count). The fraction of sp³-hybridized carbons (Fsp3) is 0.179. The van der Waals surface area contributed by atoms with Crippen LogP contribution in [0, 0.1) is 5.82 Å². The second-order valence-corrected chi connectivity index (χ2v) is 9.70. The van der Waals surface area contributed by atoms with Gasteiger partial charge in [-0.25, -0.2) is 18.2 Å². The molecule has 5 aromatic heterocycles. The summed E-state index contributed by atoms with van der Waals surface area (Å²) in [6, 6.07) is 12.3. The first-order chi connectivity index (χ1) is 18.9. The van der Waals surface area contributed by atoms with E-state index in [1.54, 1.807) is 41.8 Å². The third kappa shape index (κ3) is 4.30. The molecular formula is C28H21F3N8. The highest BCUT2D eigenvalue weighted by Gasteiger charge is 2.37. The number of fused-ring (bicyclic) bond motifs is 2. The molecule has 8 nitrogen and oxygen atoms in total. The molecule has 0 amide bonds. The predicted molar refractivity (Wildman–Crippen MR) is 140 cm³/mol. The number of aromatic amines is 2. The van der Waals surface area contributed by atoms with Gasteiger partial charge in [0.15, 0.2) is 5.82 Å². The van der Waals surface area contributed by atoms with Crippen LogP contribution in [0.15, 0.2) is 67.3 Å². The van der Waals surface area contributed by atoms with Crippen molar-refractivity contribution in [3.63, 3.8) is 0 Å². The molecule has 0 unspecified atom stereocenters. The number of nitrogens with one attached hydrogen (secondary N) is 2. The van der Waals surface area contributed by atoms with Crippen LogP contribution in [-0.2, 0) is 6.54 Å². The van der Waals surface area contributed by atoms with Crippen LogP contribution >= 0.6 is 0 Å². The molecule has 1 aromatic carbocycles. The SMILES string of the molecule is Fc1cc2[nH]nc(-c3nc4c(-c5ccccn5)nccc4[nH]3)c2cc1-c1cncc(CN2CCC(F)(F)C2)c1. The average molecular weight is 527 g/mol. The maximum atomic E-state index is 15.2. The van der Waals surface area contributed by atoms with Gasteiger partial charge in [0.1, 0.15) is 22.7 Å². The standard InChI is InChI=1S/C28H21F3N8/c29-20-11-23-19(10-18(20)17-9-16(12-32-13-17)14-39-8-5-28(30,31)15-39)24(38-37-23)27-35-22-4-7-34-25(26(22)36-27)21-3-1-2-6-33-21/h1-4,6-7,9-13H,5,8,14-15H2,(H,35,36)(H,37,38). The molecule has 0 saturated carbocycles. The summed E-state index contributed by atoms with van der Waals surface area (Å²) < 4.78 is 42.5. The number of nitrogens with zero attached hydrogens (tertiary/aromatic N) is 6. The van der Waals surface area contributed by atoms with E-state index >= 15 is 4.39 Å². The number of pyridine rings is 3. The number of alkyl halides is 2. The Labute approximate surface area is 220 Å². The first-order valence-corrected chi connectivity index (χ1v) is 12.4. The maximum absolute atomic E-state index is 15.2. The number of benzene rings is 1. The highest BCUT2D eigenvalue weighted by atomic mass is 19.3. The number of imidazole rings is 1. The summed E-state index contributed by atoms with van der Waals surface area (Å²) in [5.74, 6) is -2.62. The van der Waals surface area contributed by atoms with E-state index in [0.29, 0.717) is 63.5 Å². The number of aromatic nitrogens is 7. The molecule has 1 saturated heterocycles. The normalized spacial score (nSPS) is 15.5. The van der Waals surface area contributed by atoms with Crippen LogP contribution in [0.1, 0.15) is 12.0 Å². The van der Waals surface area contributed by atoms with E-state index in [1.165, 1.54) is 6.07 Å². The molecule has 0 aliphatic carbocycles. The Bertz CT molecular complexity index is 1830. The number of likely N-dealkylation sites (tertiary alicyclic amines) is 1. The van der Waals surface area contributed by atoms with Gasteiger partial charge >= 0.3 is 0 Å². The molecule has 0 bridgehead atoms. The molecule has 194 valence electrons. The van der Waals surface area contributed by atoms with E-state index < -0.39 is 11.7 Å². The van der Waals surface area contributed by atoms with Crippen molar-refractivity contribution in [2.24, 2.45) is 0 Å². The lowest BCUT2D eigenvalue weighted by Gasteiger charge is -2.16. The molecule has 1 aliphatic rings. The number of halogens is 3. The zero-order valence-electron chi connectivity index (χ0n) is 20.5. The van der Waals surface area contributed by atoms with Crippen molar-refractivity contribution in [3.8, 4) is 34.0 Å². The molecular weight excluding hydrogens is 505 g/mol. The van der Waals surface area contributed by atoms with Crippen LogP contribution in [0.25, 0.3) is 56.0 Å². The Morgan fingerprint density at radius 3 is 2.72 bits per heavy atom. The third-order valence-corrected chi connectivity index (χ3v) is 6.94. The van der Waals surface area contributed by atoms with Crippen molar-refractivity contribution in [3.05, 3.63) is 78.6 Å². The van der Waals surface area contributed by atoms with Crippen LogP contribution in [0.4, 0.5) is 13.2 Å². The van der Waals surface area contributed by atoms with Gasteiger partial charge in [0.05, 0.1) is 23.3 Å². The predicted octanol–water partition coefficient (Wildman–Crippen LogP) is 5.61. The van der Waals surface area contributed by atoms with Crippen molar-refractivity contribution in [1.29, 1.82) is 0 Å². The highest BCUT2D eigenvalue weighted by molar-refractivity contribution is 5.97. The zero-order chi connectivity index (χ0) is 26.6. The van der Waals surface area contributed by atoms with Crippen LogP contribution in [-0.4, -0.2) is 59.0 Å². The van der Waals surface area contributed by atoms with Crippen molar-refractivity contribution in [1.82, 2.24) is 40.0 Å². The maximum Gasteiger partial charge on any atom is 0.261 e. The summed E-state index contributed by atoms with van der Waals surface area (Å²) in [5, 5.41) is 7.99. The minimum atomic E-state index is -2.68.